The Morgan fingerprint density at radius 1 is 0.885 bits per heavy atom. The summed E-state index contributed by atoms with van der Waals surface area (Å²) in [6.07, 6.45) is 0. The maximum absolute atomic E-state index is 12.8. The molecule has 138 valence electrons. The van der Waals surface area contributed by atoms with E-state index in [1.165, 1.54) is 6.07 Å². The van der Waals surface area contributed by atoms with Crippen LogP contribution in [-0.2, 0) is 23.1 Å². The maximum atomic E-state index is 12.8. The van der Waals surface area contributed by atoms with Crippen LogP contribution in [0.25, 0.3) is 11.0 Å². The van der Waals surface area contributed by atoms with Gasteiger partial charge in [-0.25, -0.2) is 13.2 Å². The van der Waals surface area contributed by atoms with E-state index >= 15 is 0 Å². The summed E-state index contributed by atoms with van der Waals surface area (Å²) in [4.78, 5) is 12.6. The molecule has 0 aliphatic carbocycles. The Hall–Kier alpha value is -2.54. The van der Waals surface area contributed by atoms with Gasteiger partial charge in [0, 0.05) is 18.8 Å². The first-order valence-electron chi connectivity index (χ1n) is 8.61. The molecule has 0 spiro atoms. The summed E-state index contributed by atoms with van der Waals surface area (Å²) in [7, 11) is -3.74. The monoisotopic (exact) mass is 373 g/mol. The normalized spacial score (nSPS) is 11.8. The summed E-state index contributed by atoms with van der Waals surface area (Å²) in [5.74, 6) is 0. The highest BCUT2D eigenvalue weighted by Crippen LogP contribution is 2.22. The Bertz CT molecular complexity index is 1140. The molecule has 0 aliphatic heterocycles. The third-order valence-electron chi connectivity index (χ3n) is 4.69. The van der Waals surface area contributed by atoms with Gasteiger partial charge >= 0.3 is 5.69 Å². The van der Waals surface area contributed by atoms with Gasteiger partial charge in [-0.05, 0) is 69.2 Å². The second-order valence-corrected chi connectivity index (χ2v) is 8.01. The number of hydrogen-bond acceptors (Lipinski definition) is 3. The number of rotatable bonds is 5. The third kappa shape index (κ3) is 3.03. The number of fused-ring (bicyclic) bond motifs is 1. The molecule has 0 bridgehead atoms. The number of anilines is 1. The molecule has 1 heterocycles. The minimum Gasteiger partial charge on any atom is -0.292 e. The number of benzene rings is 2. The predicted molar refractivity (Wildman–Crippen MR) is 104 cm³/mol. The van der Waals surface area contributed by atoms with Gasteiger partial charge in [0.1, 0.15) is 0 Å². The zero-order chi connectivity index (χ0) is 19.1. The quantitative estimate of drug-likeness (QED) is 0.746. The van der Waals surface area contributed by atoms with Gasteiger partial charge in [-0.1, -0.05) is 6.07 Å². The van der Waals surface area contributed by atoms with Crippen molar-refractivity contribution in [1.82, 2.24) is 9.13 Å². The van der Waals surface area contributed by atoms with Gasteiger partial charge < -0.3 is 0 Å². The van der Waals surface area contributed by atoms with E-state index in [2.05, 4.69) is 4.72 Å². The highest BCUT2D eigenvalue weighted by Gasteiger charge is 2.18. The molecule has 6 nitrogen and oxygen atoms in total. The van der Waals surface area contributed by atoms with Crippen LogP contribution in [0.15, 0.2) is 46.1 Å². The minimum atomic E-state index is -3.74. The smallest absolute Gasteiger partial charge is 0.292 e. The second kappa shape index (κ2) is 6.64. The Morgan fingerprint density at radius 3 is 2.15 bits per heavy atom. The van der Waals surface area contributed by atoms with Gasteiger partial charge in [-0.3, -0.25) is 13.9 Å². The molecule has 0 radical (unpaired) electrons. The van der Waals surface area contributed by atoms with Crippen LogP contribution in [0.5, 0.6) is 0 Å². The Labute approximate surface area is 153 Å². The van der Waals surface area contributed by atoms with Crippen molar-refractivity contribution in [3.8, 4) is 0 Å². The summed E-state index contributed by atoms with van der Waals surface area (Å²) < 4.78 is 31.4. The second-order valence-electron chi connectivity index (χ2n) is 6.33. The largest absolute Gasteiger partial charge is 0.329 e. The lowest BCUT2D eigenvalue weighted by atomic mass is 10.1. The zero-order valence-corrected chi connectivity index (χ0v) is 16.2. The molecule has 3 rings (SSSR count). The van der Waals surface area contributed by atoms with Gasteiger partial charge in [0.25, 0.3) is 10.0 Å². The SMILES string of the molecule is CCn1c(=O)n(CC)c2cc(S(=O)(=O)Nc3ccc(C)c(C)c3)ccc21. The van der Waals surface area contributed by atoms with Crippen molar-refractivity contribution in [2.75, 3.05) is 4.72 Å². The van der Waals surface area contributed by atoms with Crippen molar-refractivity contribution in [3.63, 3.8) is 0 Å². The van der Waals surface area contributed by atoms with E-state index in [1.54, 1.807) is 33.4 Å². The Morgan fingerprint density at radius 2 is 1.54 bits per heavy atom. The fraction of sp³-hybridized carbons (Fsp3) is 0.316. The molecule has 1 N–H and O–H groups in total. The fourth-order valence-electron chi connectivity index (χ4n) is 3.10. The maximum Gasteiger partial charge on any atom is 0.329 e. The average Bonchev–Trinajstić information content (AvgIpc) is 2.87. The molecule has 0 saturated carbocycles. The van der Waals surface area contributed by atoms with Gasteiger partial charge in [0.15, 0.2) is 0 Å². The molecule has 7 heteroatoms. The Kier molecular flexibility index (Phi) is 4.66. The van der Waals surface area contributed by atoms with E-state index in [-0.39, 0.29) is 10.6 Å². The van der Waals surface area contributed by atoms with E-state index in [9.17, 15) is 13.2 Å². The standard InChI is InChI=1S/C19H23N3O3S/c1-5-21-17-10-9-16(12-18(17)22(6-2)19(21)23)26(24,25)20-15-8-7-13(3)14(4)11-15/h7-12,20H,5-6H2,1-4H3. The van der Waals surface area contributed by atoms with Crippen LogP contribution >= 0.6 is 0 Å². The molecule has 2 aromatic carbocycles. The van der Waals surface area contributed by atoms with E-state index < -0.39 is 10.0 Å². The molecular formula is C19H23N3O3S. The summed E-state index contributed by atoms with van der Waals surface area (Å²) in [6.45, 7) is 8.70. The van der Waals surface area contributed by atoms with Crippen molar-refractivity contribution in [2.24, 2.45) is 0 Å². The van der Waals surface area contributed by atoms with Crippen molar-refractivity contribution in [1.29, 1.82) is 0 Å². The highest BCUT2D eigenvalue weighted by atomic mass is 32.2. The van der Waals surface area contributed by atoms with Gasteiger partial charge in [-0.15, -0.1) is 0 Å². The zero-order valence-electron chi connectivity index (χ0n) is 15.4. The van der Waals surface area contributed by atoms with Gasteiger partial charge in [0.2, 0.25) is 0 Å². The lowest BCUT2D eigenvalue weighted by molar-refractivity contribution is 0.601. The van der Waals surface area contributed by atoms with Crippen LogP contribution in [0.4, 0.5) is 5.69 Å². The van der Waals surface area contributed by atoms with E-state index in [0.717, 1.165) is 16.6 Å². The van der Waals surface area contributed by atoms with Crippen molar-refractivity contribution < 1.29 is 8.42 Å². The van der Waals surface area contributed by atoms with Crippen molar-refractivity contribution >= 4 is 26.7 Å². The molecule has 0 fully saturated rings. The predicted octanol–water partition coefficient (Wildman–Crippen LogP) is 3.26. The number of aromatic nitrogens is 2. The molecule has 0 atom stereocenters. The summed E-state index contributed by atoms with van der Waals surface area (Å²) in [6, 6.07) is 10.2. The molecule has 0 saturated heterocycles. The molecule has 26 heavy (non-hydrogen) atoms. The average molecular weight is 373 g/mol. The lowest BCUT2D eigenvalue weighted by Crippen LogP contribution is -2.23. The number of nitrogens with zero attached hydrogens (tertiary/aromatic N) is 2. The minimum absolute atomic E-state index is 0.123. The van der Waals surface area contributed by atoms with Gasteiger partial charge in [0.05, 0.1) is 15.9 Å². The lowest BCUT2D eigenvalue weighted by Gasteiger charge is -2.10. The summed E-state index contributed by atoms with van der Waals surface area (Å²) in [5.41, 5.74) is 3.88. The fourth-order valence-corrected chi connectivity index (χ4v) is 4.17. The number of imidazole rings is 1. The van der Waals surface area contributed by atoms with Crippen LogP contribution in [0.3, 0.4) is 0 Å². The first-order chi connectivity index (χ1) is 12.3. The molecule has 3 aromatic rings. The molecule has 0 amide bonds. The highest BCUT2D eigenvalue weighted by molar-refractivity contribution is 7.92. The molecular weight excluding hydrogens is 350 g/mol. The number of sulfonamides is 1. The molecule has 0 aliphatic rings. The van der Waals surface area contributed by atoms with E-state index in [1.807, 2.05) is 33.8 Å². The summed E-state index contributed by atoms with van der Waals surface area (Å²) in [5, 5.41) is 0. The number of nitrogens with one attached hydrogen (secondary N) is 1. The number of aryl methyl sites for hydroxylation is 4. The van der Waals surface area contributed by atoms with Crippen LogP contribution in [0.1, 0.15) is 25.0 Å². The van der Waals surface area contributed by atoms with Crippen LogP contribution in [-0.4, -0.2) is 17.6 Å². The van der Waals surface area contributed by atoms with Crippen LogP contribution < -0.4 is 10.4 Å². The van der Waals surface area contributed by atoms with E-state index in [4.69, 9.17) is 0 Å². The number of hydrogen-bond donors (Lipinski definition) is 1. The van der Waals surface area contributed by atoms with Crippen LogP contribution in [0.2, 0.25) is 0 Å². The molecule has 1 aromatic heterocycles. The topological polar surface area (TPSA) is 73.1 Å². The van der Waals surface area contributed by atoms with Crippen molar-refractivity contribution in [3.05, 3.63) is 58.0 Å². The van der Waals surface area contributed by atoms with Gasteiger partial charge in [-0.2, -0.15) is 0 Å². The molecule has 0 unspecified atom stereocenters. The van der Waals surface area contributed by atoms with Crippen molar-refractivity contribution in [2.45, 2.75) is 45.7 Å². The first kappa shape index (κ1) is 18.3. The van der Waals surface area contributed by atoms with Crippen LogP contribution in [0, 0.1) is 13.8 Å². The Balaban J connectivity index is 2.09. The first-order valence-corrected chi connectivity index (χ1v) is 10.1. The third-order valence-corrected chi connectivity index (χ3v) is 6.07. The summed E-state index contributed by atoms with van der Waals surface area (Å²) >= 11 is 0. The van der Waals surface area contributed by atoms with E-state index in [0.29, 0.717) is 24.3 Å².